The highest BCUT2D eigenvalue weighted by Gasteiger charge is 2.38. The van der Waals surface area contributed by atoms with E-state index in [4.69, 9.17) is 4.74 Å². The summed E-state index contributed by atoms with van der Waals surface area (Å²) in [7, 11) is 1.20. The number of methoxy groups -OCH3 is 1. The Morgan fingerprint density at radius 3 is 2.58 bits per heavy atom. The van der Waals surface area contributed by atoms with Crippen LogP contribution in [0.25, 0.3) is 0 Å². The maximum atomic E-state index is 12.4. The summed E-state index contributed by atoms with van der Waals surface area (Å²) in [5, 5.41) is 1.75. The average molecular weight is 344 g/mol. The summed E-state index contributed by atoms with van der Waals surface area (Å²) in [6.07, 6.45) is -1.97. The number of anilines is 2. The highest BCUT2D eigenvalue weighted by molar-refractivity contribution is 6.00. The van der Waals surface area contributed by atoms with E-state index >= 15 is 0 Å². The lowest BCUT2D eigenvalue weighted by atomic mass is 10.0. The quantitative estimate of drug-likeness (QED) is 0.855. The monoisotopic (exact) mass is 344 g/mol. The molecular weight excluding hydrogens is 325 g/mol. The second kappa shape index (κ2) is 7.11. The first-order valence-electron chi connectivity index (χ1n) is 7.61. The van der Waals surface area contributed by atoms with Gasteiger partial charge in [-0.3, -0.25) is 4.79 Å². The molecule has 1 heterocycles. The van der Waals surface area contributed by atoms with E-state index in [0.717, 1.165) is 25.8 Å². The number of nitrogens with one attached hydrogen (secondary N) is 1. The number of rotatable bonds is 3. The van der Waals surface area contributed by atoms with Gasteiger partial charge in [0.1, 0.15) is 0 Å². The fourth-order valence-electron chi connectivity index (χ4n) is 2.80. The number of halogens is 3. The van der Waals surface area contributed by atoms with Crippen molar-refractivity contribution in [2.24, 2.45) is 0 Å². The average Bonchev–Trinajstić information content (AvgIpc) is 2.54. The Morgan fingerprint density at radius 1 is 1.29 bits per heavy atom. The van der Waals surface area contributed by atoms with Gasteiger partial charge in [-0.15, -0.1) is 0 Å². The summed E-state index contributed by atoms with van der Waals surface area (Å²) in [5.74, 6) is -2.75. The minimum absolute atomic E-state index is 0.105. The van der Waals surface area contributed by atoms with Crippen molar-refractivity contribution in [2.45, 2.75) is 38.4 Å². The maximum Gasteiger partial charge on any atom is 0.471 e. The molecule has 8 heteroatoms. The smallest absolute Gasteiger partial charge is 0.465 e. The highest BCUT2D eigenvalue weighted by Crippen LogP contribution is 2.31. The first-order chi connectivity index (χ1) is 11.2. The molecule has 1 saturated heterocycles. The van der Waals surface area contributed by atoms with E-state index in [0.29, 0.717) is 5.69 Å². The fraction of sp³-hybridized carbons (Fsp3) is 0.500. The van der Waals surface area contributed by atoms with Gasteiger partial charge in [-0.1, -0.05) is 0 Å². The van der Waals surface area contributed by atoms with Crippen molar-refractivity contribution >= 4 is 23.3 Å². The third-order valence-electron chi connectivity index (χ3n) is 4.03. The minimum Gasteiger partial charge on any atom is -0.465 e. The van der Waals surface area contributed by atoms with Crippen LogP contribution in [0.5, 0.6) is 0 Å². The van der Waals surface area contributed by atoms with E-state index in [-0.39, 0.29) is 17.3 Å². The number of ether oxygens (including phenoxy) is 1. The summed E-state index contributed by atoms with van der Waals surface area (Å²) in [6, 6.07) is 4.32. The van der Waals surface area contributed by atoms with Crippen LogP contribution < -0.4 is 10.2 Å². The molecule has 0 spiro atoms. The zero-order valence-electron chi connectivity index (χ0n) is 13.4. The lowest BCUT2D eigenvalue weighted by molar-refractivity contribution is -0.167. The zero-order chi connectivity index (χ0) is 17.9. The third-order valence-corrected chi connectivity index (χ3v) is 4.03. The Balaban J connectivity index is 2.35. The largest absolute Gasteiger partial charge is 0.471 e. The predicted octanol–water partition coefficient (Wildman–Crippen LogP) is 3.35. The molecule has 1 amide bonds. The van der Waals surface area contributed by atoms with E-state index in [1.165, 1.54) is 19.2 Å². The van der Waals surface area contributed by atoms with Gasteiger partial charge in [-0.2, -0.15) is 13.2 Å². The van der Waals surface area contributed by atoms with Gasteiger partial charge < -0.3 is 15.0 Å². The normalized spacial score (nSPS) is 18.2. The van der Waals surface area contributed by atoms with Crippen LogP contribution in [-0.2, 0) is 9.53 Å². The van der Waals surface area contributed by atoms with Crippen LogP contribution in [0.3, 0.4) is 0 Å². The van der Waals surface area contributed by atoms with Crippen LogP contribution >= 0.6 is 0 Å². The van der Waals surface area contributed by atoms with Crippen LogP contribution in [0.2, 0.25) is 0 Å². The van der Waals surface area contributed by atoms with Gasteiger partial charge in [-0.05, 0) is 44.4 Å². The fourth-order valence-corrected chi connectivity index (χ4v) is 2.80. The number of benzene rings is 1. The Hall–Kier alpha value is -2.25. The lowest BCUT2D eigenvalue weighted by Crippen LogP contribution is -2.38. The van der Waals surface area contributed by atoms with E-state index in [1.54, 1.807) is 11.4 Å². The van der Waals surface area contributed by atoms with Crippen LogP contribution in [-0.4, -0.2) is 37.7 Å². The standard InChI is InChI=1S/C16H19F3N2O3/c1-10-5-3-4-8-21(10)13-7-6-11(9-12(13)14(22)24-2)20-15(23)16(17,18)19/h6-7,9-10H,3-5,8H2,1-2H3,(H,20,23)/t10-/m0/s1. The molecule has 1 N–H and O–H groups in total. The molecule has 0 radical (unpaired) electrons. The molecule has 0 aliphatic carbocycles. The van der Waals surface area contributed by atoms with E-state index < -0.39 is 18.1 Å². The van der Waals surface area contributed by atoms with Crippen LogP contribution in [0.15, 0.2) is 18.2 Å². The van der Waals surface area contributed by atoms with Crippen molar-refractivity contribution < 1.29 is 27.5 Å². The Morgan fingerprint density at radius 2 is 2.00 bits per heavy atom. The second-order valence-corrected chi connectivity index (χ2v) is 5.71. The molecule has 1 aliphatic heterocycles. The molecule has 5 nitrogen and oxygen atoms in total. The van der Waals surface area contributed by atoms with Crippen LogP contribution in [0.4, 0.5) is 24.5 Å². The Kier molecular flexibility index (Phi) is 5.36. The number of carbonyl (C=O) groups is 2. The molecule has 0 saturated carbocycles. The second-order valence-electron chi connectivity index (χ2n) is 5.71. The summed E-state index contributed by atoms with van der Waals surface area (Å²) >= 11 is 0. The molecule has 24 heavy (non-hydrogen) atoms. The lowest BCUT2D eigenvalue weighted by Gasteiger charge is -2.36. The van der Waals surface area contributed by atoms with Gasteiger partial charge in [0.05, 0.1) is 18.4 Å². The number of alkyl halides is 3. The minimum atomic E-state index is -4.99. The molecule has 1 aliphatic rings. The number of hydrogen-bond donors (Lipinski definition) is 1. The SMILES string of the molecule is COC(=O)c1cc(NC(=O)C(F)(F)F)ccc1N1CCCC[C@@H]1C. The molecule has 1 fully saturated rings. The van der Waals surface area contributed by atoms with Crippen molar-refractivity contribution in [3.05, 3.63) is 23.8 Å². The molecule has 0 unspecified atom stereocenters. The van der Waals surface area contributed by atoms with Gasteiger partial charge in [0, 0.05) is 18.3 Å². The summed E-state index contributed by atoms with van der Waals surface area (Å²) in [5.41, 5.74) is 0.622. The summed E-state index contributed by atoms with van der Waals surface area (Å²) < 4.78 is 41.8. The molecule has 0 aromatic heterocycles. The van der Waals surface area contributed by atoms with E-state index in [1.807, 2.05) is 11.8 Å². The number of nitrogens with zero attached hydrogens (tertiary/aromatic N) is 1. The van der Waals surface area contributed by atoms with Crippen molar-refractivity contribution in [3.8, 4) is 0 Å². The number of hydrogen-bond acceptors (Lipinski definition) is 4. The molecule has 132 valence electrons. The Bertz CT molecular complexity index is 631. The van der Waals surface area contributed by atoms with E-state index in [2.05, 4.69) is 0 Å². The number of carbonyl (C=O) groups excluding carboxylic acids is 2. The van der Waals surface area contributed by atoms with Gasteiger partial charge in [0.15, 0.2) is 0 Å². The molecular formula is C16H19F3N2O3. The summed E-state index contributed by atoms with van der Waals surface area (Å²) in [6.45, 7) is 2.78. The zero-order valence-corrected chi connectivity index (χ0v) is 13.4. The molecule has 0 bridgehead atoms. The van der Waals surface area contributed by atoms with Crippen LogP contribution in [0.1, 0.15) is 36.5 Å². The molecule has 1 aromatic rings. The predicted molar refractivity (Wildman–Crippen MR) is 83.1 cm³/mol. The van der Waals surface area contributed by atoms with Crippen molar-refractivity contribution in [2.75, 3.05) is 23.9 Å². The van der Waals surface area contributed by atoms with Gasteiger partial charge in [0.2, 0.25) is 0 Å². The summed E-state index contributed by atoms with van der Waals surface area (Å²) in [4.78, 5) is 25.1. The maximum absolute atomic E-state index is 12.4. The molecule has 1 atom stereocenters. The molecule has 2 rings (SSSR count). The third kappa shape index (κ3) is 3.98. The first-order valence-corrected chi connectivity index (χ1v) is 7.61. The van der Waals surface area contributed by atoms with Gasteiger partial charge in [0.25, 0.3) is 0 Å². The number of amides is 1. The van der Waals surface area contributed by atoms with Crippen LogP contribution in [0, 0.1) is 0 Å². The van der Waals surface area contributed by atoms with Gasteiger partial charge in [-0.25, -0.2) is 4.79 Å². The van der Waals surface area contributed by atoms with Gasteiger partial charge >= 0.3 is 18.1 Å². The van der Waals surface area contributed by atoms with Crippen molar-refractivity contribution in [1.29, 1.82) is 0 Å². The van der Waals surface area contributed by atoms with Crippen molar-refractivity contribution in [1.82, 2.24) is 0 Å². The number of piperidine rings is 1. The number of esters is 1. The highest BCUT2D eigenvalue weighted by atomic mass is 19.4. The molecule has 1 aromatic carbocycles. The van der Waals surface area contributed by atoms with E-state index in [9.17, 15) is 22.8 Å². The topological polar surface area (TPSA) is 58.6 Å². The van der Waals surface area contributed by atoms with Crippen molar-refractivity contribution in [3.63, 3.8) is 0 Å². The first kappa shape index (κ1) is 18.1. The Labute approximate surface area is 137 Å².